The molecule has 3 N–H and O–H groups in total. The number of carboxylic acid groups (broad SMARTS) is 3. The zero-order chi connectivity index (χ0) is 28.9. The number of amides is 1. The van der Waals surface area contributed by atoms with Crippen LogP contribution in [0, 0.1) is 0 Å². The van der Waals surface area contributed by atoms with Crippen molar-refractivity contribution in [1.29, 1.82) is 0 Å². The molecule has 0 spiro atoms. The van der Waals surface area contributed by atoms with Crippen molar-refractivity contribution < 1.29 is 44.0 Å². The molecule has 10 nitrogen and oxygen atoms in total. The Morgan fingerprint density at radius 3 is 2.15 bits per heavy atom. The molecule has 0 aliphatic carbocycles. The van der Waals surface area contributed by atoms with Crippen LogP contribution in [0.2, 0.25) is 0 Å². The Kier molecular flexibility index (Phi) is 8.98. The summed E-state index contributed by atoms with van der Waals surface area (Å²) in [6, 6.07) is 22.9. The van der Waals surface area contributed by atoms with E-state index >= 15 is 0 Å². The number of aryl methyl sites for hydroxylation is 1. The van der Waals surface area contributed by atoms with Crippen LogP contribution in [0.15, 0.2) is 72.8 Å². The van der Waals surface area contributed by atoms with Crippen LogP contribution in [0.4, 0.5) is 0 Å². The number of thiophene rings is 1. The minimum atomic E-state index is -3.04. The number of carbonyl (C=O) groups is 4. The second kappa shape index (κ2) is 12.4. The molecule has 2 aromatic carbocycles. The first kappa shape index (κ1) is 28.9. The van der Waals surface area contributed by atoms with Crippen molar-refractivity contribution in [3.05, 3.63) is 83.2 Å². The predicted molar refractivity (Wildman–Crippen MR) is 145 cm³/mol. The first-order valence-corrected chi connectivity index (χ1v) is 13.4. The van der Waals surface area contributed by atoms with Gasteiger partial charge in [-0.1, -0.05) is 60.7 Å². The van der Waals surface area contributed by atoms with Crippen LogP contribution in [0.25, 0.3) is 10.4 Å². The highest BCUT2D eigenvalue weighted by Gasteiger charge is 2.58. The average Bonchev–Trinajstić information content (AvgIpc) is 3.62. The quantitative estimate of drug-likeness (QED) is 0.278. The van der Waals surface area contributed by atoms with Gasteiger partial charge in [0.1, 0.15) is 6.54 Å². The highest BCUT2D eigenvalue weighted by atomic mass is 32.1. The number of benzene rings is 2. The SMILES string of the molecule is CC(C(CCc1ccccc1)c1ccc(-c2ccccc2)s1)N(CC(=O)O)C(=O)C1COC(C(=O)O)(C(=O)O)O1. The lowest BCUT2D eigenvalue weighted by atomic mass is 9.90. The van der Waals surface area contributed by atoms with Gasteiger partial charge in [-0.25, -0.2) is 9.59 Å². The molecule has 1 amide bonds. The molecule has 210 valence electrons. The van der Waals surface area contributed by atoms with Crippen molar-refractivity contribution in [2.24, 2.45) is 0 Å². The third-order valence-corrected chi connectivity index (χ3v) is 8.15. The summed E-state index contributed by atoms with van der Waals surface area (Å²) in [4.78, 5) is 51.7. The summed E-state index contributed by atoms with van der Waals surface area (Å²) in [5.41, 5.74) is 2.11. The summed E-state index contributed by atoms with van der Waals surface area (Å²) in [6.45, 7) is 0.397. The Bertz CT molecular complexity index is 1340. The largest absolute Gasteiger partial charge is 0.480 e. The van der Waals surface area contributed by atoms with Crippen molar-refractivity contribution in [2.45, 2.75) is 43.6 Å². The van der Waals surface area contributed by atoms with Gasteiger partial charge >= 0.3 is 23.7 Å². The maximum atomic E-state index is 13.6. The topological polar surface area (TPSA) is 151 Å². The van der Waals surface area contributed by atoms with Crippen molar-refractivity contribution >= 4 is 35.2 Å². The molecule has 0 bridgehead atoms. The molecule has 1 aromatic heterocycles. The van der Waals surface area contributed by atoms with Crippen molar-refractivity contribution in [3.63, 3.8) is 0 Å². The van der Waals surface area contributed by atoms with Gasteiger partial charge in [-0.05, 0) is 43.0 Å². The molecule has 1 fully saturated rings. The highest BCUT2D eigenvalue weighted by Crippen LogP contribution is 2.38. The van der Waals surface area contributed by atoms with Crippen molar-refractivity contribution in [2.75, 3.05) is 13.2 Å². The van der Waals surface area contributed by atoms with E-state index in [4.69, 9.17) is 9.47 Å². The van der Waals surface area contributed by atoms with E-state index in [1.807, 2.05) is 72.8 Å². The van der Waals surface area contributed by atoms with E-state index in [2.05, 4.69) is 0 Å². The molecular formula is C29H29NO9S. The third kappa shape index (κ3) is 6.22. The fourth-order valence-electron chi connectivity index (χ4n) is 4.77. The second-order valence-corrected chi connectivity index (χ2v) is 10.6. The van der Waals surface area contributed by atoms with E-state index in [-0.39, 0.29) is 5.92 Å². The van der Waals surface area contributed by atoms with E-state index in [1.165, 1.54) is 0 Å². The number of rotatable bonds is 12. The average molecular weight is 568 g/mol. The Balaban J connectivity index is 1.65. The molecule has 1 saturated heterocycles. The van der Waals surface area contributed by atoms with Gasteiger partial charge in [-0.3, -0.25) is 9.59 Å². The first-order chi connectivity index (χ1) is 19.1. The van der Waals surface area contributed by atoms with Crippen LogP contribution < -0.4 is 0 Å². The number of hydrogen-bond acceptors (Lipinski definition) is 7. The lowest BCUT2D eigenvalue weighted by Crippen LogP contribution is -2.52. The van der Waals surface area contributed by atoms with E-state index in [1.54, 1.807) is 18.3 Å². The molecule has 3 atom stereocenters. The fraction of sp³-hybridized carbons (Fsp3) is 0.310. The summed E-state index contributed by atoms with van der Waals surface area (Å²) in [7, 11) is 0. The minimum Gasteiger partial charge on any atom is -0.480 e. The van der Waals surface area contributed by atoms with E-state index < -0.39 is 54.9 Å². The molecule has 3 aromatic rings. The normalized spacial score (nSPS) is 17.6. The second-order valence-electron chi connectivity index (χ2n) is 9.44. The molecular weight excluding hydrogens is 538 g/mol. The van der Waals surface area contributed by atoms with Crippen molar-refractivity contribution in [1.82, 2.24) is 4.90 Å². The third-order valence-electron chi connectivity index (χ3n) is 6.88. The smallest absolute Gasteiger partial charge is 0.377 e. The Hall–Kier alpha value is -4.06. The Morgan fingerprint density at radius 2 is 1.57 bits per heavy atom. The van der Waals surface area contributed by atoms with E-state index in [9.17, 15) is 34.5 Å². The van der Waals surface area contributed by atoms with Gasteiger partial charge in [-0.2, -0.15) is 0 Å². The number of carbonyl (C=O) groups excluding carboxylic acids is 1. The van der Waals surface area contributed by atoms with Gasteiger partial charge in [0.25, 0.3) is 5.91 Å². The Labute approximate surface area is 234 Å². The van der Waals surface area contributed by atoms with Crippen LogP contribution in [0.3, 0.4) is 0 Å². The molecule has 11 heteroatoms. The number of nitrogens with zero attached hydrogens (tertiary/aromatic N) is 1. The lowest BCUT2D eigenvalue weighted by Gasteiger charge is -2.35. The van der Waals surface area contributed by atoms with Crippen LogP contribution >= 0.6 is 11.3 Å². The van der Waals surface area contributed by atoms with E-state index in [0.29, 0.717) is 12.8 Å². The maximum absolute atomic E-state index is 13.6. The lowest BCUT2D eigenvalue weighted by molar-refractivity contribution is -0.218. The highest BCUT2D eigenvalue weighted by molar-refractivity contribution is 7.15. The van der Waals surface area contributed by atoms with Crippen LogP contribution in [-0.4, -0.2) is 75.1 Å². The van der Waals surface area contributed by atoms with Gasteiger partial charge in [0, 0.05) is 21.7 Å². The number of aliphatic carboxylic acids is 3. The van der Waals surface area contributed by atoms with Gasteiger partial charge in [0.15, 0.2) is 6.10 Å². The molecule has 1 aliphatic rings. The first-order valence-electron chi connectivity index (χ1n) is 12.6. The summed E-state index contributed by atoms with van der Waals surface area (Å²) in [5.74, 6) is -9.30. The van der Waals surface area contributed by atoms with Gasteiger partial charge in [0.05, 0.1) is 6.61 Å². The summed E-state index contributed by atoms with van der Waals surface area (Å²) >= 11 is 1.55. The molecule has 4 rings (SSSR count). The summed E-state index contributed by atoms with van der Waals surface area (Å²) in [5, 5.41) is 28.4. The Morgan fingerprint density at radius 1 is 0.950 bits per heavy atom. The van der Waals surface area contributed by atoms with Gasteiger partial charge < -0.3 is 29.7 Å². The summed E-state index contributed by atoms with van der Waals surface area (Å²) < 4.78 is 10.0. The van der Waals surface area contributed by atoms with Crippen LogP contribution in [0.1, 0.15) is 29.7 Å². The van der Waals surface area contributed by atoms with E-state index in [0.717, 1.165) is 25.8 Å². The zero-order valence-corrected chi connectivity index (χ0v) is 22.5. The molecule has 0 radical (unpaired) electrons. The minimum absolute atomic E-state index is 0.294. The number of carboxylic acids is 3. The molecule has 1 aliphatic heterocycles. The van der Waals surface area contributed by atoms with Gasteiger partial charge in [0.2, 0.25) is 0 Å². The molecule has 3 unspecified atom stereocenters. The van der Waals surface area contributed by atoms with Crippen LogP contribution in [0.5, 0.6) is 0 Å². The van der Waals surface area contributed by atoms with Crippen molar-refractivity contribution in [3.8, 4) is 10.4 Å². The number of hydrogen-bond donors (Lipinski definition) is 3. The fourth-order valence-corrected chi connectivity index (χ4v) is 6.01. The molecule has 40 heavy (non-hydrogen) atoms. The molecule has 2 heterocycles. The monoisotopic (exact) mass is 567 g/mol. The number of ether oxygens (including phenoxy) is 2. The standard InChI is InChI=1S/C29H29NO9S/c1-18(30(16-25(31)32)26(33)22-17-38-29(39-22,27(34)35)28(36)37)21(13-12-19-8-4-2-5-9-19)24-15-14-23(40-24)20-10-6-3-7-11-20/h2-11,14-15,18,21-22H,12-13,16-17H2,1H3,(H,31,32)(H,34,35)(H,36,37). The van der Waals surface area contributed by atoms with Crippen LogP contribution in [-0.2, 0) is 35.1 Å². The predicted octanol–water partition coefficient (Wildman–Crippen LogP) is 3.71. The molecule has 0 saturated carbocycles. The van der Waals surface area contributed by atoms with Gasteiger partial charge in [-0.15, -0.1) is 11.3 Å². The maximum Gasteiger partial charge on any atom is 0.377 e. The summed E-state index contributed by atoms with van der Waals surface area (Å²) in [6.07, 6.45) is -0.361. The zero-order valence-electron chi connectivity index (χ0n) is 21.6.